The number of aliphatic hydroxyl groups excluding tert-OH is 1. The molecule has 0 aromatic heterocycles. The number of carbonyl (C=O) groups is 2. The fourth-order valence-electron chi connectivity index (χ4n) is 2.28. The van der Waals surface area contributed by atoms with Gasteiger partial charge in [-0.15, -0.1) is 0 Å². The first-order valence-corrected chi connectivity index (χ1v) is 6.11. The lowest BCUT2D eigenvalue weighted by Gasteiger charge is -2.23. The van der Waals surface area contributed by atoms with Crippen LogP contribution < -0.4 is 5.32 Å². The molecule has 1 aliphatic rings. The molecule has 1 unspecified atom stereocenters. The predicted molar refractivity (Wildman–Crippen MR) is 62.3 cm³/mol. The molecule has 0 heterocycles. The maximum absolute atomic E-state index is 11.9. The third kappa shape index (κ3) is 3.43. The summed E-state index contributed by atoms with van der Waals surface area (Å²) in [6.45, 7) is 3.70. The quantitative estimate of drug-likeness (QED) is 0.660. The lowest BCUT2D eigenvalue weighted by molar-refractivity contribution is -0.146. The molecule has 3 atom stereocenters. The molecule has 0 aromatic carbocycles. The Morgan fingerprint density at radius 3 is 2.35 bits per heavy atom. The van der Waals surface area contributed by atoms with Crippen LogP contribution in [0.2, 0.25) is 0 Å². The van der Waals surface area contributed by atoms with Crippen LogP contribution in [-0.2, 0) is 9.59 Å². The number of nitrogens with one attached hydrogen (secondary N) is 1. The minimum Gasteiger partial charge on any atom is -0.481 e. The Balaban J connectivity index is 2.60. The lowest BCUT2D eigenvalue weighted by atomic mass is 9.94. The molecule has 98 valence electrons. The summed E-state index contributed by atoms with van der Waals surface area (Å²) in [5.74, 6) is -2.01. The van der Waals surface area contributed by atoms with Crippen molar-refractivity contribution in [3.8, 4) is 0 Å². The lowest BCUT2D eigenvalue weighted by Crippen LogP contribution is -2.45. The normalized spacial score (nSPS) is 25.9. The summed E-state index contributed by atoms with van der Waals surface area (Å²) in [6.07, 6.45) is 1.97. The molecule has 17 heavy (non-hydrogen) atoms. The highest BCUT2D eigenvalue weighted by Gasteiger charge is 2.38. The summed E-state index contributed by atoms with van der Waals surface area (Å²) in [7, 11) is 0. The third-order valence-corrected chi connectivity index (χ3v) is 3.50. The number of hydrogen-bond acceptors (Lipinski definition) is 3. The Kier molecular flexibility index (Phi) is 4.93. The smallest absolute Gasteiger partial charge is 0.307 e. The van der Waals surface area contributed by atoms with Gasteiger partial charge in [0, 0.05) is 0 Å². The Labute approximate surface area is 101 Å². The molecule has 0 bridgehead atoms. The van der Waals surface area contributed by atoms with Gasteiger partial charge in [-0.1, -0.05) is 20.3 Å². The second-order valence-corrected chi connectivity index (χ2v) is 5.02. The largest absolute Gasteiger partial charge is 0.481 e. The molecule has 1 rings (SSSR count). The van der Waals surface area contributed by atoms with Crippen LogP contribution in [0.1, 0.15) is 33.1 Å². The van der Waals surface area contributed by atoms with Crippen molar-refractivity contribution in [3.63, 3.8) is 0 Å². The Hall–Kier alpha value is -1.10. The topological polar surface area (TPSA) is 86.6 Å². The van der Waals surface area contributed by atoms with E-state index in [1.165, 1.54) is 0 Å². The number of aliphatic carboxylic acids is 1. The number of carboxylic acid groups (broad SMARTS) is 1. The van der Waals surface area contributed by atoms with Crippen LogP contribution in [0, 0.1) is 17.8 Å². The predicted octanol–water partition coefficient (Wildman–Crippen LogP) is 0.620. The van der Waals surface area contributed by atoms with Crippen molar-refractivity contribution in [2.45, 2.75) is 39.2 Å². The van der Waals surface area contributed by atoms with Crippen LogP contribution in [0.25, 0.3) is 0 Å². The van der Waals surface area contributed by atoms with Gasteiger partial charge in [-0.2, -0.15) is 0 Å². The van der Waals surface area contributed by atoms with Crippen LogP contribution in [0.3, 0.4) is 0 Å². The van der Waals surface area contributed by atoms with Crippen molar-refractivity contribution in [2.75, 3.05) is 6.61 Å². The zero-order valence-electron chi connectivity index (χ0n) is 10.3. The number of rotatable bonds is 5. The van der Waals surface area contributed by atoms with Crippen molar-refractivity contribution in [3.05, 3.63) is 0 Å². The van der Waals surface area contributed by atoms with Crippen molar-refractivity contribution in [1.82, 2.24) is 5.32 Å². The molecule has 1 aliphatic carbocycles. The van der Waals surface area contributed by atoms with E-state index in [1.54, 1.807) is 0 Å². The van der Waals surface area contributed by atoms with Crippen LogP contribution in [0.15, 0.2) is 0 Å². The summed E-state index contributed by atoms with van der Waals surface area (Å²) in [4.78, 5) is 22.9. The summed E-state index contributed by atoms with van der Waals surface area (Å²) < 4.78 is 0. The van der Waals surface area contributed by atoms with E-state index in [0.29, 0.717) is 12.8 Å². The Morgan fingerprint density at radius 1 is 1.29 bits per heavy atom. The minimum absolute atomic E-state index is 0.117. The summed E-state index contributed by atoms with van der Waals surface area (Å²) in [5.41, 5.74) is 0. The maximum atomic E-state index is 11.9. The fraction of sp³-hybridized carbons (Fsp3) is 0.833. The maximum Gasteiger partial charge on any atom is 0.307 e. The molecule has 1 saturated carbocycles. The van der Waals surface area contributed by atoms with Gasteiger partial charge < -0.3 is 15.5 Å². The zero-order valence-corrected chi connectivity index (χ0v) is 10.3. The van der Waals surface area contributed by atoms with E-state index in [0.717, 1.165) is 6.42 Å². The highest BCUT2D eigenvalue weighted by molar-refractivity contribution is 5.85. The van der Waals surface area contributed by atoms with E-state index in [4.69, 9.17) is 10.2 Å². The number of amides is 1. The van der Waals surface area contributed by atoms with Crippen molar-refractivity contribution in [2.24, 2.45) is 17.8 Å². The molecule has 1 fully saturated rings. The van der Waals surface area contributed by atoms with Gasteiger partial charge in [0.1, 0.15) is 0 Å². The highest BCUT2D eigenvalue weighted by atomic mass is 16.4. The van der Waals surface area contributed by atoms with Gasteiger partial charge in [0.05, 0.1) is 24.5 Å². The molecule has 0 aromatic rings. The number of aliphatic hydroxyl groups is 1. The van der Waals surface area contributed by atoms with Gasteiger partial charge in [0.25, 0.3) is 0 Å². The monoisotopic (exact) mass is 243 g/mol. The van der Waals surface area contributed by atoms with Crippen LogP contribution in [0.4, 0.5) is 0 Å². The van der Waals surface area contributed by atoms with Crippen LogP contribution in [0.5, 0.6) is 0 Å². The summed E-state index contributed by atoms with van der Waals surface area (Å²) >= 11 is 0. The van der Waals surface area contributed by atoms with Crippen molar-refractivity contribution >= 4 is 11.9 Å². The molecular weight excluding hydrogens is 222 g/mol. The van der Waals surface area contributed by atoms with Crippen LogP contribution >= 0.6 is 0 Å². The molecule has 0 aliphatic heterocycles. The van der Waals surface area contributed by atoms with E-state index >= 15 is 0 Å². The molecule has 0 radical (unpaired) electrons. The van der Waals surface area contributed by atoms with E-state index in [9.17, 15) is 9.59 Å². The second-order valence-electron chi connectivity index (χ2n) is 5.02. The van der Waals surface area contributed by atoms with Crippen molar-refractivity contribution < 1.29 is 19.8 Å². The van der Waals surface area contributed by atoms with Gasteiger partial charge in [0.15, 0.2) is 0 Å². The minimum atomic E-state index is -0.896. The summed E-state index contributed by atoms with van der Waals surface area (Å²) in [6, 6.07) is -0.294. The average Bonchev–Trinajstić information content (AvgIpc) is 2.73. The molecule has 3 N–H and O–H groups in total. The first-order valence-electron chi connectivity index (χ1n) is 6.11. The first kappa shape index (κ1) is 14.0. The van der Waals surface area contributed by atoms with Gasteiger partial charge in [-0.05, 0) is 18.8 Å². The molecular formula is C12H21NO4. The standard InChI is InChI=1S/C12H21NO4/c1-7(2)10(6-14)13-11(15)8-4-3-5-9(8)12(16)17/h7-10,14H,3-6H2,1-2H3,(H,13,15)(H,16,17)/t8-,9+,10?/m1/s1. The third-order valence-electron chi connectivity index (χ3n) is 3.50. The molecule has 5 nitrogen and oxygen atoms in total. The summed E-state index contributed by atoms with van der Waals surface area (Å²) in [5, 5.41) is 20.9. The second kappa shape index (κ2) is 6.00. The van der Waals surface area contributed by atoms with Gasteiger partial charge in [-0.3, -0.25) is 9.59 Å². The van der Waals surface area contributed by atoms with Gasteiger partial charge >= 0.3 is 5.97 Å². The molecule has 0 spiro atoms. The molecule has 5 heteroatoms. The van der Waals surface area contributed by atoms with Crippen molar-refractivity contribution in [1.29, 1.82) is 0 Å². The number of hydrogen-bond donors (Lipinski definition) is 3. The van der Waals surface area contributed by atoms with E-state index in [-0.39, 0.29) is 24.5 Å². The highest BCUT2D eigenvalue weighted by Crippen LogP contribution is 2.32. The average molecular weight is 243 g/mol. The van der Waals surface area contributed by atoms with E-state index in [1.807, 2.05) is 13.8 Å². The van der Waals surface area contributed by atoms with E-state index < -0.39 is 17.8 Å². The molecule has 0 saturated heterocycles. The molecule has 1 amide bonds. The van der Waals surface area contributed by atoms with Crippen LogP contribution in [-0.4, -0.2) is 34.7 Å². The van der Waals surface area contributed by atoms with Gasteiger partial charge in [-0.25, -0.2) is 0 Å². The number of carbonyl (C=O) groups excluding carboxylic acids is 1. The first-order chi connectivity index (χ1) is 7.97. The number of carboxylic acids is 1. The van der Waals surface area contributed by atoms with E-state index in [2.05, 4.69) is 5.32 Å². The fourth-order valence-corrected chi connectivity index (χ4v) is 2.28. The SMILES string of the molecule is CC(C)C(CO)NC(=O)[C@@H]1CCC[C@@H]1C(=O)O. The zero-order chi connectivity index (χ0) is 13.0. The Morgan fingerprint density at radius 2 is 1.88 bits per heavy atom. The van der Waals surface area contributed by atoms with Gasteiger partial charge in [0.2, 0.25) is 5.91 Å². The Bertz CT molecular complexity index is 290.